The molecule has 110 valence electrons. The zero-order valence-electron chi connectivity index (χ0n) is 9.78. The summed E-state index contributed by atoms with van der Waals surface area (Å²) >= 11 is 9.77. The predicted molar refractivity (Wildman–Crippen MR) is 99.1 cm³/mol. The van der Waals surface area contributed by atoms with Crippen LogP contribution in [0.4, 0.5) is 0 Å². The van der Waals surface area contributed by atoms with Crippen molar-refractivity contribution < 1.29 is 9.53 Å². The first kappa shape index (κ1) is 27.8. The van der Waals surface area contributed by atoms with E-state index < -0.39 is 0 Å². The SMILES string of the molecule is CCCO[SiH3].Cl.Cl.Cl.Oc1ccc(Br)c(Br)c1Br. The molecule has 0 aliphatic heterocycles. The molecule has 0 heterocycles. The fourth-order valence-electron chi connectivity index (χ4n) is 0.720. The van der Waals surface area contributed by atoms with Crippen LogP contribution in [0.2, 0.25) is 0 Å². The van der Waals surface area contributed by atoms with Crippen LogP contribution in [0, 0.1) is 0 Å². The average molecular weight is 530 g/mol. The number of benzene rings is 1. The van der Waals surface area contributed by atoms with Crippen LogP contribution >= 0.6 is 85.0 Å². The van der Waals surface area contributed by atoms with Crippen LogP contribution < -0.4 is 0 Å². The highest BCUT2D eigenvalue weighted by Crippen LogP contribution is 2.36. The third kappa shape index (κ3) is 11.3. The van der Waals surface area contributed by atoms with Crippen molar-refractivity contribution in [3.63, 3.8) is 0 Å². The van der Waals surface area contributed by atoms with E-state index in [1.54, 1.807) is 12.1 Å². The normalized spacial score (nSPS) is 8.00. The summed E-state index contributed by atoms with van der Waals surface area (Å²) < 4.78 is 7.24. The van der Waals surface area contributed by atoms with Crippen LogP contribution in [0.3, 0.4) is 0 Å². The molecule has 18 heavy (non-hydrogen) atoms. The fraction of sp³-hybridized carbons (Fsp3) is 0.333. The minimum Gasteiger partial charge on any atom is -0.507 e. The van der Waals surface area contributed by atoms with Crippen LogP contribution in [0.1, 0.15) is 13.3 Å². The molecule has 0 unspecified atom stereocenters. The maximum absolute atomic E-state index is 9.13. The van der Waals surface area contributed by atoms with Crippen LogP contribution in [0.15, 0.2) is 25.6 Å². The zero-order valence-corrected chi connectivity index (χ0v) is 19.0. The first-order chi connectivity index (χ1) is 7.04. The van der Waals surface area contributed by atoms with Crippen LogP contribution in [0.5, 0.6) is 5.75 Å². The highest BCUT2D eigenvalue weighted by atomic mass is 79.9. The van der Waals surface area contributed by atoms with Crippen molar-refractivity contribution in [3.05, 3.63) is 25.6 Å². The van der Waals surface area contributed by atoms with Gasteiger partial charge < -0.3 is 9.53 Å². The summed E-state index contributed by atoms with van der Waals surface area (Å²) in [5, 5.41) is 9.13. The highest BCUT2D eigenvalue weighted by Gasteiger charge is 2.04. The summed E-state index contributed by atoms with van der Waals surface area (Å²) in [4.78, 5) is 0. The van der Waals surface area contributed by atoms with Crippen molar-refractivity contribution in [2.75, 3.05) is 6.61 Å². The van der Waals surface area contributed by atoms with Gasteiger partial charge in [0.05, 0.1) is 4.47 Å². The Kier molecular flexibility index (Phi) is 25.6. The molecular weight excluding hydrogens is 514 g/mol. The van der Waals surface area contributed by atoms with Crippen LogP contribution in [0.25, 0.3) is 0 Å². The van der Waals surface area contributed by atoms with E-state index in [9.17, 15) is 0 Å². The number of rotatable bonds is 2. The Labute approximate surface area is 155 Å². The van der Waals surface area contributed by atoms with Crippen molar-refractivity contribution in [1.29, 1.82) is 0 Å². The Balaban J connectivity index is -0.000000109. The number of hydrogen-bond acceptors (Lipinski definition) is 2. The molecule has 1 rings (SSSR count). The summed E-state index contributed by atoms with van der Waals surface area (Å²) in [6, 6.07) is 3.38. The number of aromatic hydroxyl groups is 1. The Morgan fingerprint density at radius 3 is 1.89 bits per heavy atom. The lowest BCUT2D eigenvalue weighted by Gasteiger charge is -2.00. The average Bonchev–Trinajstić information content (AvgIpc) is 2.23. The molecule has 0 aliphatic rings. The largest absolute Gasteiger partial charge is 0.507 e. The number of phenolic OH excluding ortho intramolecular Hbond substituents is 1. The number of halogens is 6. The molecule has 0 saturated carbocycles. The van der Waals surface area contributed by atoms with Gasteiger partial charge in [-0.3, -0.25) is 0 Å². The highest BCUT2D eigenvalue weighted by molar-refractivity contribution is 9.14. The molecule has 0 saturated heterocycles. The van der Waals surface area contributed by atoms with E-state index in [2.05, 4.69) is 54.7 Å². The standard InChI is InChI=1S/C6H3Br3O.C3H10OSi.3ClH/c7-3-1-2-4(10)6(9)5(3)8;1-2-3-4-5;;;/h1-2,10H;2-3H2,1,5H3;3*1H. The molecule has 1 aromatic carbocycles. The lowest BCUT2D eigenvalue weighted by atomic mass is 10.3. The minimum atomic E-state index is 0. The third-order valence-corrected chi connectivity index (χ3v) is 5.18. The Bertz CT molecular complexity index is 290. The van der Waals surface area contributed by atoms with Crippen molar-refractivity contribution in [2.24, 2.45) is 0 Å². The first-order valence-electron chi connectivity index (χ1n) is 4.36. The lowest BCUT2D eigenvalue weighted by Crippen LogP contribution is -1.83. The maximum atomic E-state index is 9.13. The lowest BCUT2D eigenvalue weighted by molar-refractivity contribution is 0.349. The summed E-state index contributed by atoms with van der Waals surface area (Å²) in [5.74, 6) is 0.232. The van der Waals surface area contributed by atoms with Crippen molar-refractivity contribution in [2.45, 2.75) is 13.3 Å². The van der Waals surface area contributed by atoms with Crippen LogP contribution in [-0.4, -0.2) is 22.2 Å². The van der Waals surface area contributed by atoms with Crippen molar-refractivity contribution in [3.8, 4) is 5.75 Å². The fourth-order valence-corrected chi connectivity index (χ4v) is 2.41. The molecule has 9 heteroatoms. The molecule has 0 atom stereocenters. The Morgan fingerprint density at radius 2 is 1.61 bits per heavy atom. The van der Waals surface area contributed by atoms with Gasteiger partial charge in [0.15, 0.2) is 0 Å². The van der Waals surface area contributed by atoms with Gasteiger partial charge in [0.2, 0.25) is 0 Å². The van der Waals surface area contributed by atoms with E-state index in [1.807, 2.05) is 0 Å². The van der Waals surface area contributed by atoms with Gasteiger partial charge in [-0.1, -0.05) is 6.92 Å². The topological polar surface area (TPSA) is 29.5 Å². The van der Waals surface area contributed by atoms with E-state index in [1.165, 1.54) is 0 Å². The quantitative estimate of drug-likeness (QED) is 0.446. The van der Waals surface area contributed by atoms with E-state index >= 15 is 0 Å². The molecule has 2 nitrogen and oxygen atoms in total. The summed E-state index contributed by atoms with van der Waals surface area (Å²) in [6.07, 6.45) is 1.16. The molecule has 1 N–H and O–H groups in total. The molecule has 0 spiro atoms. The van der Waals surface area contributed by atoms with E-state index in [0.717, 1.165) is 32.5 Å². The summed E-state index contributed by atoms with van der Waals surface area (Å²) in [5.41, 5.74) is 0. The predicted octanol–water partition coefficient (Wildman–Crippen LogP) is 4.64. The second-order valence-corrected chi connectivity index (χ2v) is 5.70. The first-order valence-corrected chi connectivity index (χ1v) is 7.55. The van der Waals surface area contributed by atoms with Gasteiger partial charge in [0, 0.05) is 15.6 Å². The molecule has 0 radical (unpaired) electrons. The monoisotopic (exact) mass is 526 g/mol. The summed E-state index contributed by atoms with van der Waals surface area (Å²) in [6.45, 7) is 3.06. The third-order valence-electron chi connectivity index (χ3n) is 1.42. The van der Waals surface area contributed by atoms with Gasteiger partial charge in [-0.25, -0.2) is 0 Å². The van der Waals surface area contributed by atoms with Crippen molar-refractivity contribution >= 4 is 95.5 Å². The number of phenols is 1. The zero-order chi connectivity index (χ0) is 11.8. The molecule has 0 fully saturated rings. The summed E-state index contributed by atoms with van der Waals surface area (Å²) in [7, 11) is 0.899. The van der Waals surface area contributed by atoms with Gasteiger partial charge >= 0.3 is 0 Å². The van der Waals surface area contributed by atoms with E-state index in [0.29, 0.717) is 4.47 Å². The second kappa shape index (κ2) is 16.6. The maximum Gasteiger partial charge on any atom is 0.145 e. The van der Waals surface area contributed by atoms with Gasteiger partial charge in [-0.15, -0.1) is 37.2 Å². The molecule has 1 aromatic rings. The van der Waals surface area contributed by atoms with Crippen LogP contribution in [-0.2, 0) is 4.43 Å². The van der Waals surface area contributed by atoms with Gasteiger partial charge in [0.25, 0.3) is 0 Å². The minimum absolute atomic E-state index is 0. The molecule has 0 bridgehead atoms. The van der Waals surface area contributed by atoms with Gasteiger partial charge in [0.1, 0.15) is 16.2 Å². The van der Waals surface area contributed by atoms with Crippen molar-refractivity contribution in [1.82, 2.24) is 0 Å². The Morgan fingerprint density at radius 1 is 1.11 bits per heavy atom. The molecule has 0 amide bonds. The van der Waals surface area contributed by atoms with Gasteiger partial charge in [-0.2, -0.15) is 0 Å². The molecular formula is C9H16Br3Cl3O2Si. The van der Waals surface area contributed by atoms with E-state index in [-0.39, 0.29) is 43.0 Å². The number of hydrogen-bond donors (Lipinski definition) is 1. The molecule has 0 aromatic heterocycles. The Hall–Kier alpha value is 1.51. The van der Waals surface area contributed by atoms with E-state index in [4.69, 9.17) is 9.53 Å². The second-order valence-electron chi connectivity index (χ2n) is 2.69. The van der Waals surface area contributed by atoms with Gasteiger partial charge in [-0.05, 0) is 66.3 Å². The smallest absolute Gasteiger partial charge is 0.145 e. The molecule has 0 aliphatic carbocycles.